The zero-order chi connectivity index (χ0) is 14.9. The van der Waals surface area contributed by atoms with Crippen LogP contribution in [0, 0.1) is 13.8 Å². The SMILES string of the molecule is Cc1ccc(C(=O)N2CCN(S(N)(=O)=O)CC2)cc1C. The number of amides is 1. The molecule has 0 radical (unpaired) electrons. The van der Waals surface area contributed by atoms with Crippen molar-refractivity contribution >= 4 is 16.1 Å². The Labute approximate surface area is 119 Å². The molecule has 110 valence electrons. The van der Waals surface area contributed by atoms with E-state index >= 15 is 0 Å². The third kappa shape index (κ3) is 3.17. The van der Waals surface area contributed by atoms with E-state index in [0.717, 1.165) is 11.1 Å². The predicted molar refractivity (Wildman–Crippen MR) is 76.5 cm³/mol. The fourth-order valence-electron chi connectivity index (χ4n) is 2.20. The maximum Gasteiger partial charge on any atom is 0.277 e. The van der Waals surface area contributed by atoms with Crippen LogP contribution in [0.4, 0.5) is 0 Å². The van der Waals surface area contributed by atoms with Gasteiger partial charge in [-0.25, -0.2) is 5.14 Å². The van der Waals surface area contributed by atoms with Crippen LogP contribution in [-0.2, 0) is 10.2 Å². The summed E-state index contributed by atoms with van der Waals surface area (Å²) in [5.41, 5.74) is 2.84. The summed E-state index contributed by atoms with van der Waals surface area (Å²) < 4.78 is 23.6. The molecule has 1 heterocycles. The van der Waals surface area contributed by atoms with E-state index in [1.165, 1.54) is 4.31 Å². The molecule has 1 aliphatic heterocycles. The number of benzene rings is 1. The van der Waals surface area contributed by atoms with Gasteiger partial charge in [-0.1, -0.05) is 6.07 Å². The van der Waals surface area contributed by atoms with Crippen molar-refractivity contribution in [3.63, 3.8) is 0 Å². The summed E-state index contributed by atoms with van der Waals surface area (Å²) in [4.78, 5) is 14.0. The van der Waals surface area contributed by atoms with Crippen LogP contribution in [-0.4, -0.2) is 49.7 Å². The lowest BCUT2D eigenvalue weighted by atomic mass is 10.1. The first-order valence-electron chi connectivity index (χ1n) is 6.43. The van der Waals surface area contributed by atoms with Crippen molar-refractivity contribution in [1.29, 1.82) is 0 Å². The quantitative estimate of drug-likeness (QED) is 0.850. The normalized spacial score (nSPS) is 17.2. The van der Waals surface area contributed by atoms with Crippen LogP contribution in [0.2, 0.25) is 0 Å². The first kappa shape index (κ1) is 15.0. The molecule has 6 nitrogen and oxygen atoms in total. The fraction of sp³-hybridized carbons (Fsp3) is 0.462. The molecular weight excluding hydrogens is 278 g/mol. The van der Waals surface area contributed by atoms with Gasteiger partial charge in [-0.05, 0) is 37.1 Å². The lowest BCUT2D eigenvalue weighted by molar-refractivity contribution is 0.0698. The summed E-state index contributed by atoms with van der Waals surface area (Å²) in [6, 6.07) is 5.59. The molecule has 2 N–H and O–H groups in total. The van der Waals surface area contributed by atoms with Crippen molar-refractivity contribution in [2.45, 2.75) is 13.8 Å². The summed E-state index contributed by atoms with van der Waals surface area (Å²) in [6.07, 6.45) is 0. The Morgan fingerprint density at radius 2 is 1.70 bits per heavy atom. The van der Waals surface area contributed by atoms with Gasteiger partial charge in [0.1, 0.15) is 0 Å². The Balaban J connectivity index is 2.07. The van der Waals surface area contributed by atoms with E-state index in [0.29, 0.717) is 18.7 Å². The highest BCUT2D eigenvalue weighted by atomic mass is 32.2. The van der Waals surface area contributed by atoms with E-state index in [1.54, 1.807) is 11.0 Å². The number of hydrogen-bond donors (Lipinski definition) is 1. The standard InChI is InChI=1S/C13H19N3O3S/c1-10-3-4-12(9-11(10)2)13(17)15-5-7-16(8-6-15)20(14,18)19/h3-4,9H,5-8H2,1-2H3,(H2,14,18,19). The first-order chi connectivity index (χ1) is 9.29. The van der Waals surface area contributed by atoms with Gasteiger partial charge in [0.25, 0.3) is 16.1 Å². The van der Waals surface area contributed by atoms with Crippen LogP contribution in [0.5, 0.6) is 0 Å². The van der Waals surface area contributed by atoms with Gasteiger partial charge in [0.15, 0.2) is 0 Å². The number of carbonyl (C=O) groups is 1. The Kier molecular flexibility index (Phi) is 4.12. The zero-order valence-electron chi connectivity index (χ0n) is 11.7. The van der Waals surface area contributed by atoms with Gasteiger partial charge in [0.05, 0.1) is 0 Å². The number of rotatable bonds is 2. The molecule has 0 aliphatic carbocycles. The highest BCUT2D eigenvalue weighted by Crippen LogP contribution is 2.14. The minimum Gasteiger partial charge on any atom is -0.336 e. The van der Waals surface area contributed by atoms with Crippen molar-refractivity contribution in [1.82, 2.24) is 9.21 Å². The van der Waals surface area contributed by atoms with Gasteiger partial charge in [0.2, 0.25) is 0 Å². The minimum atomic E-state index is -3.66. The first-order valence-corrected chi connectivity index (χ1v) is 7.94. The highest BCUT2D eigenvalue weighted by Gasteiger charge is 2.26. The van der Waals surface area contributed by atoms with Gasteiger partial charge in [0, 0.05) is 31.7 Å². The second kappa shape index (κ2) is 5.51. The van der Waals surface area contributed by atoms with Gasteiger partial charge in [-0.15, -0.1) is 0 Å². The Bertz CT molecular complexity index is 620. The molecule has 1 aromatic rings. The van der Waals surface area contributed by atoms with Crippen LogP contribution in [0.15, 0.2) is 18.2 Å². The number of carbonyl (C=O) groups excluding carboxylic acids is 1. The number of nitrogens with zero attached hydrogens (tertiary/aromatic N) is 2. The molecule has 0 bridgehead atoms. The zero-order valence-corrected chi connectivity index (χ0v) is 12.5. The second-order valence-electron chi connectivity index (χ2n) is 5.04. The molecule has 0 spiro atoms. The van der Waals surface area contributed by atoms with E-state index in [2.05, 4.69) is 0 Å². The summed E-state index contributed by atoms with van der Waals surface area (Å²) in [5.74, 6) is -0.0674. The van der Waals surface area contributed by atoms with Crippen LogP contribution in [0.1, 0.15) is 21.5 Å². The Hall–Kier alpha value is -1.44. The van der Waals surface area contributed by atoms with Crippen LogP contribution in [0.3, 0.4) is 0 Å². The van der Waals surface area contributed by atoms with Crippen LogP contribution < -0.4 is 5.14 Å². The molecule has 0 aromatic heterocycles. The maximum absolute atomic E-state index is 12.3. The molecule has 0 unspecified atom stereocenters. The number of hydrogen-bond acceptors (Lipinski definition) is 3. The molecule has 1 aromatic carbocycles. The Morgan fingerprint density at radius 1 is 1.10 bits per heavy atom. The van der Waals surface area contributed by atoms with Gasteiger partial charge in [-0.2, -0.15) is 12.7 Å². The fourth-order valence-corrected chi connectivity index (χ4v) is 2.87. The highest BCUT2D eigenvalue weighted by molar-refractivity contribution is 7.86. The van der Waals surface area contributed by atoms with Crippen molar-refractivity contribution in [2.24, 2.45) is 5.14 Å². The number of piperazine rings is 1. The topological polar surface area (TPSA) is 83.7 Å². The lowest BCUT2D eigenvalue weighted by Crippen LogP contribution is -2.52. The van der Waals surface area contributed by atoms with E-state index < -0.39 is 10.2 Å². The Morgan fingerprint density at radius 3 is 2.20 bits per heavy atom. The largest absolute Gasteiger partial charge is 0.336 e. The molecule has 1 saturated heterocycles. The average Bonchev–Trinajstić information content (AvgIpc) is 2.40. The smallest absolute Gasteiger partial charge is 0.277 e. The third-order valence-corrected chi connectivity index (χ3v) is 4.72. The molecular formula is C13H19N3O3S. The van der Waals surface area contributed by atoms with Crippen molar-refractivity contribution in [3.8, 4) is 0 Å². The number of aryl methyl sites for hydroxylation is 2. The van der Waals surface area contributed by atoms with E-state index in [9.17, 15) is 13.2 Å². The summed E-state index contributed by atoms with van der Waals surface area (Å²) >= 11 is 0. The summed E-state index contributed by atoms with van der Waals surface area (Å²) in [7, 11) is -3.66. The van der Waals surface area contributed by atoms with Crippen LogP contribution in [0.25, 0.3) is 0 Å². The van der Waals surface area contributed by atoms with Crippen LogP contribution >= 0.6 is 0 Å². The van der Waals surface area contributed by atoms with Crippen molar-refractivity contribution in [2.75, 3.05) is 26.2 Å². The molecule has 0 saturated carbocycles. The monoisotopic (exact) mass is 297 g/mol. The maximum atomic E-state index is 12.3. The average molecular weight is 297 g/mol. The molecule has 7 heteroatoms. The molecule has 20 heavy (non-hydrogen) atoms. The second-order valence-corrected chi connectivity index (χ2v) is 6.58. The molecule has 1 fully saturated rings. The number of nitrogens with two attached hydrogens (primary N) is 1. The molecule has 1 aliphatic rings. The summed E-state index contributed by atoms with van der Waals surface area (Å²) in [6.45, 7) is 5.18. The summed E-state index contributed by atoms with van der Waals surface area (Å²) in [5, 5.41) is 5.07. The molecule has 2 rings (SSSR count). The van der Waals surface area contributed by atoms with E-state index in [4.69, 9.17) is 5.14 Å². The van der Waals surface area contributed by atoms with Gasteiger partial charge >= 0.3 is 0 Å². The van der Waals surface area contributed by atoms with Crippen molar-refractivity contribution < 1.29 is 13.2 Å². The molecule has 0 atom stereocenters. The molecule has 1 amide bonds. The van der Waals surface area contributed by atoms with E-state index in [-0.39, 0.29) is 19.0 Å². The predicted octanol–water partition coefficient (Wildman–Crippen LogP) is 0.265. The van der Waals surface area contributed by atoms with E-state index in [1.807, 2.05) is 26.0 Å². The van der Waals surface area contributed by atoms with Gasteiger partial charge in [-0.3, -0.25) is 4.79 Å². The van der Waals surface area contributed by atoms with Crippen molar-refractivity contribution in [3.05, 3.63) is 34.9 Å². The third-order valence-electron chi connectivity index (χ3n) is 3.64. The van der Waals surface area contributed by atoms with Gasteiger partial charge < -0.3 is 4.90 Å². The lowest BCUT2D eigenvalue weighted by Gasteiger charge is -2.33. The minimum absolute atomic E-state index is 0.0674.